The second kappa shape index (κ2) is 6.35. The standard InChI is InChI=1S/C22H26O2/c1-21(2,3)19(23)17-13-9-7-11-15(17)16-12-8-10-14-18(16)20(24)22(4,5)6/h7-14H,1-6H3. The van der Waals surface area contributed by atoms with Crippen LogP contribution in [0.25, 0.3) is 11.1 Å². The summed E-state index contributed by atoms with van der Waals surface area (Å²) in [5.41, 5.74) is 2.03. The van der Waals surface area contributed by atoms with Crippen molar-refractivity contribution in [3.63, 3.8) is 0 Å². The molecule has 0 aliphatic carbocycles. The Balaban J connectivity index is 2.68. The molecule has 2 heteroatoms. The van der Waals surface area contributed by atoms with Crippen LogP contribution in [0.1, 0.15) is 62.3 Å². The third-order valence-electron chi connectivity index (χ3n) is 4.00. The Labute approximate surface area is 144 Å². The molecule has 0 atom stereocenters. The van der Waals surface area contributed by atoms with E-state index in [4.69, 9.17) is 0 Å². The normalized spacial score (nSPS) is 12.1. The van der Waals surface area contributed by atoms with Crippen molar-refractivity contribution in [3.05, 3.63) is 59.7 Å². The second-order valence-electron chi connectivity index (χ2n) is 8.25. The van der Waals surface area contributed by atoms with Gasteiger partial charge in [0, 0.05) is 22.0 Å². The summed E-state index contributed by atoms with van der Waals surface area (Å²) in [6.07, 6.45) is 0. The maximum absolute atomic E-state index is 12.9. The van der Waals surface area contributed by atoms with Gasteiger partial charge in [-0.15, -0.1) is 0 Å². The van der Waals surface area contributed by atoms with Crippen LogP contribution in [0.2, 0.25) is 0 Å². The first-order valence-electron chi connectivity index (χ1n) is 8.31. The molecule has 0 aromatic heterocycles. The molecule has 0 saturated heterocycles. The second-order valence-corrected chi connectivity index (χ2v) is 8.25. The molecule has 0 unspecified atom stereocenters. The number of carbonyl (C=O) groups excluding carboxylic acids is 2. The Hall–Kier alpha value is -2.22. The lowest BCUT2D eigenvalue weighted by atomic mass is 9.80. The monoisotopic (exact) mass is 322 g/mol. The minimum absolute atomic E-state index is 0.0797. The minimum Gasteiger partial charge on any atom is -0.294 e. The van der Waals surface area contributed by atoms with Crippen LogP contribution in [0.4, 0.5) is 0 Å². The van der Waals surface area contributed by atoms with Gasteiger partial charge >= 0.3 is 0 Å². The van der Waals surface area contributed by atoms with Crippen LogP contribution < -0.4 is 0 Å². The molecule has 126 valence electrons. The van der Waals surface area contributed by atoms with E-state index in [0.717, 1.165) is 11.1 Å². The Morgan fingerprint density at radius 2 is 0.875 bits per heavy atom. The van der Waals surface area contributed by atoms with Crippen molar-refractivity contribution in [2.24, 2.45) is 10.8 Å². The van der Waals surface area contributed by atoms with E-state index >= 15 is 0 Å². The quantitative estimate of drug-likeness (QED) is 0.668. The summed E-state index contributed by atoms with van der Waals surface area (Å²) in [5.74, 6) is 0.159. The molecule has 0 aliphatic rings. The highest BCUT2D eigenvalue weighted by Crippen LogP contribution is 2.34. The van der Waals surface area contributed by atoms with Crippen LogP contribution in [0.3, 0.4) is 0 Å². The van der Waals surface area contributed by atoms with Crippen molar-refractivity contribution in [3.8, 4) is 11.1 Å². The van der Waals surface area contributed by atoms with Gasteiger partial charge in [0.1, 0.15) is 0 Å². The zero-order valence-corrected chi connectivity index (χ0v) is 15.4. The first-order chi connectivity index (χ1) is 11.0. The van der Waals surface area contributed by atoms with Crippen molar-refractivity contribution >= 4 is 11.6 Å². The van der Waals surface area contributed by atoms with Crippen molar-refractivity contribution in [2.45, 2.75) is 41.5 Å². The number of ketones is 2. The summed E-state index contributed by atoms with van der Waals surface area (Å²) >= 11 is 0. The molecule has 0 aliphatic heterocycles. The van der Waals surface area contributed by atoms with Gasteiger partial charge in [-0.05, 0) is 11.1 Å². The number of benzene rings is 2. The minimum atomic E-state index is -0.473. The SMILES string of the molecule is CC(C)(C)C(=O)c1ccccc1-c1ccccc1C(=O)C(C)(C)C. The van der Waals surface area contributed by atoms with Gasteiger partial charge in [-0.3, -0.25) is 9.59 Å². The third kappa shape index (κ3) is 3.64. The summed E-state index contributed by atoms with van der Waals surface area (Å²) in [6, 6.07) is 15.1. The molecular weight excluding hydrogens is 296 g/mol. The van der Waals surface area contributed by atoms with E-state index in [9.17, 15) is 9.59 Å². The van der Waals surface area contributed by atoms with E-state index < -0.39 is 10.8 Å². The number of hydrogen-bond acceptors (Lipinski definition) is 2. The number of rotatable bonds is 3. The molecule has 0 N–H and O–H groups in total. The van der Waals surface area contributed by atoms with E-state index in [1.54, 1.807) is 0 Å². The molecule has 0 bridgehead atoms. The molecule has 0 heterocycles. The van der Waals surface area contributed by atoms with E-state index in [1.165, 1.54) is 0 Å². The smallest absolute Gasteiger partial charge is 0.168 e. The first-order valence-corrected chi connectivity index (χ1v) is 8.31. The fraction of sp³-hybridized carbons (Fsp3) is 0.364. The fourth-order valence-corrected chi connectivity index (χ4v) is 2.64. The average Bonchev–Trinajstić information content (AvgIpc) is 2.51. The van der Waals surface area contributed by atoms with E-state index in [1.807, 2.05) is 90.1 Å². The lowest BCUT2D eigenvalue weighted by Gasteiger charge is -2.22. The largest absolute Gasteiger partial charge is 0.294 e. The summed E-state index contributed by atoms with van der Waals surface area (Å²) in [5, 5.41) is 0. The van der Waals surface area contributed by atoms with Crippen molar-refractivity contribution in [2.75, 3.05) is 0 Å². The number of carbonyl (C=O) groups is 2. The van der Waals surface area contributed by atoms with Crippen LogP contribution in [0.15, 0.2) is 48.5 Å². The van der Waals surface area contributed by atoms with Gasteiger partial charge in [0.15, 0.2) is 11.6 Å². The predicted molar refractivity (Wildman–Crippen MR) is 99.4 cm³/mol. The van der Waals surface area contributed by atoms with Crippen LogP contribution in [-0.4, -0.2) is 11.6 Å². The maximum Gasteiger partial charge on any atom is 0.168 e. The van der Waals surface area contributed by atoms with Gasteiger partial charge < -0.3 is 0 Å². The molecule has 2 aromatic rings. The average molecular weight is 322 g/mol. The van der Waals surface area contributed by atoms with Crippen molar-refractivity contribution in [1.29, 1.82) is 0 Å². The molecule has 2 nitrogen and oxygen atoms in total. The first kappa shape index (κ1) is 18.1. The van der Waals surface area contributed by atoms with Crippen LogP contribution in [0.5, 0.6) is 0 Å². The number of Topliss-reactive ketones (excluding diaryl/α,β-unsaturated/α-hetero) is 2. The Bertz CT molecular complexity index is 704. The molecule has 2 rings (SSSR count). The Morgan fingerprint density at radius 3 is 1.17 bits per heavy atom. The van der Waals surface area contributed by atoms with E-state index in [-0.39, 0.29) is 11.6 Å². The van der Waals surface area contributed by atoms with Gasteiger partial charge in [0.25, 0.3) is 0 Å². The molecule has 2 aromatic carbocycles. The summed E-state index contributed by atoms with van der Waals surface area (Å²) < 4.78 is 0. The molecule has 0 fully saturated rings. The molecule has 0 amide bonds. The summed E-state index contributed by atoms with van der Waals surface area (Å²) in [4.78, 5) is 25.7. The molecular formula is C22H26O2. The molecule has 24 heavy (non-hydrogen) atoms. The Kier molecular flexibility index (Phi) is 4.80. The van der Waals surface area contributed by atoms with Gasteiger partial charge in [0.2, 0.25) is 0 Å². The van der Waals surface area contributed by atoms with Crippen LogP contribution >= 0.6 is 0 Å². The predicted octanol–water partition coefficient (Wildman–Crippen LogP) is 5.81. The van der Waals surface area contributed by atoms with E-state index in [2.05, 4.69) is 0 Å². The fourth-order valence-electron chi connectivity index (χ4n) is 2.64. The third-order valence-corrected chi connectivity index (χ3v) is 4.00. The topological polar surface area (TPSA) is 34.1 Å². The maximum atomic E-state index is 12.9. The summed E-state index contributed by atoms with van der Waals surface area (Å²) in [6.45, 7) is 11.5. The van der Waals surface area contributed by atoms with Crippen LogP contribution in [0, 0.1) is 10.8 Å². The highest BCUT2D eigenvalue weighted by molar-refractivity contribution is 6.10. The molecule has 0 radical (unpaired) electrons. The highest BCUT2D eigenvalue weighted by Gasteiger charge is 2.28. The highest BCUT2D eigenvalue weighted by atomic mass is 16.1. The Morgan fingerprint density at radius 1 is 0.583 bits per heavy atom. The zero-order valence-electron chi connectivity index (χ0n) is 15.4. The molecule has 0 spiro atoms. The molecule has 0 saturated carbocycles. The lowest BCUT2D eigenvalue weighted by Crippen LogP contribution is -2.22. The number of hydrogen-bond donors (Lipinski definition) is 0. The van der Waals surface area contributed by atoms with Gasteiger partial charge in [0.05, 0.1) is 0 Å². The van der Waals surface area contributed by atoms with Crippen LogP contribution in [-0.2, 0) is 0 Å². The zero-order chi connectivity index (χ0) is 18.1. The van der Waals surface area contributed by atoms with E-state index in [0.29, 0.717) is 11.1 Å². The van der Waals surface area contributed by atoms with Gasteiger partial charge in [-0.2, -0.15) is 0 Å². The summed E-state index contributed by atoms with van der Waals surface area (Å²) in [7, 11) is 0. The van der Waals surface area contributed by atoms with Gasteiger partial charge in [-0.25, -0.2) is 0 Å². The lowest BCUT2D eigenvalue weighted by molar-refractivity contribution is 0.0851. The van der Waals surface area contributed by atoms with Crippen molar-refractivity contribution in [1.82, 2.24) is 0 Å². The van der Waals surface area contributed by atoms with Gasteiger partial charge in [-0.1, -0.05) is 90.1 Å². The van der Waals surface area contributed by atoms with Crippen molar-refractivity contribution < 1.29 is 9.59 Å².